The van der Waals surface area contributed by atoms with Gasteiger partial charge in [-0.15, -0.1) is 0 Å². The summed E-state index contributed by atoms with van der Waals surface area (Å²) >= 11 is 0. The molecule has 0 spiro atoms. The van der Waals surface area contributed by atoms with E-state index in [4.69, 9.17) is 4.74 Å². The molecule has 20 heavy (non-hydrogen) atoms. The van der Waals surface area contributed by atoms with E-state index >= 15 is 0 Å². The van der Waals surface area contributed by atoms with Gasteiger partial charge in [0.2, 0.25) is 0 Å². The third kappa shape index (κ3) is 2.34. The van der Waals surface area contributed by atoms with Gasteiger partial charge in [-0.25, -0.2) is 0 Å². The van der Waals surface area contributed by atoms with Crippen LogP contribution in [0.25, 0.3) is 10.8 Å². The largest absolute Gasteiger partial charge is 0.372 e. The minimum atomic E-state index is 0.448. The lowest BCUT2D eigenvalue weighted by Crippen LogP contribution is -2.51. The third-order valence-corrected chi connectivity index (χ3v) is 4.87. The van der Waals surface area contributed by atoms with E-state index in [2.05, 4.69) is 47.4 Å². The molecule has 5 rings (SSSR count). The Morgan fingerprint density at radius 2 is 1.80 bits per heavy atom. The first-order valence-corrected chi connectivity index (χ1v) is 7.70. The number of nitrogens with zero attached hydrogens (tertiary/aromatic N) is 1. The van der Waals surface area contributed by atoms with Crippen molar-refractivity contribution in [3.05, 3.63) is 48.0 Å². The number of rotatable bonds is 3. The van der Waals surface area contributed by atoms with Crippen molar-refractivity contribution >= 4 is 10.8 Å². The summed E-state index contributed by atoms with van der Waals surface area (Å²) in [6.07, 6.45) is 3.09. The van der Waals surface area contributed by atoms with Gasteiger partial charge in [-0.2, -0.15) is 0 Å². The highest BCUT2D eigenvalue weighted by atomic mass is 16.5. The summed E-state index contributed by atoms with van der Waals surface area (Å²) in [5.74, 6) is 0.792. The monoisotopic (exact) mass is 267 g/mol. The first kappa shape index (κ1) is 12.4. The van der Waals surface area contributed by atoms with Crippen LogP contribution in [0.3, 0.4) is 0 Å². The molecule has 0 amide bonds. The second kappa shape index (κ2) is 5.19. The Kier molecular flexibility index (Phi) is 3.21. The third-order valence-electron chi connectivity index (χ3n) is 4.87. The lowest BCUT2D eigenvalue weighted by atomic mass is 9.86. The number of piperidine rings is 3. The highest BCUT2D eigenvalue weighted by Crippen LogP contribution is 2.30. The maximum atomic E-state index is 6.21. The Balaban J connectivity index is 1.45. The number of benzene rings is 2. The van der Waals surface area contributed by atoms with Crippen molar-refractivity contribution in [3.8, 4) is 0 Å². The normalized spacial score (nSPS) is 28.9. The second-order valence-corrected chi connectivity index (χ2v) is 6.17. The molecule has 2 aromatic carbocycles. The zero-order chi connectivity index (χ0) is 13.4. The van der Waals surface area contributed by atoms with E-state index in [0.717, 1.165) is 19.1 Å². The topological polar surface area (TPSA) is 12.5 Å². The lowest BCUT2D eigenvalue weighted by Gasteiger charge is -2.44. The highest BCUT2D eigenvalue weighted by molar-refractivity contribution is 5.82. The molecule has 1 unspecified atom stereocenters. The molecule has 2 nitrogen and oxygen atoms in total. The van der Waals surface area contributed by atoms with Gasteiger partial charge < -0.3 is 9.64 Å². The van der Waals surface area contributed by atoms with Gasteiger partial charge >= 0.3 is 0 Å². The highest BCUT2D eigenvalue weighted by Gasteiger charge is 2.34. The van der Waals surface area contributed by atoms with Gasteiger partial charge in [0.05, 0.1) is 12.7 Å². The summed E-state index contributed by atoms with van der Waals surface area (Å²) in [6, 6.07) is 15.2. The summed E-state index contributed by atoms with van der Waals surface area (Å²) < 4.78 is 6.21. The first-order valence-electron chi connectivity index (χ1n) is 7.70. The summed E-state index contributed by atoms with van der Waals surface area (Å²) in [7, 11) is 0. The van der Waals surface area contributed by atoms with E-state index in [-0.39, 0.29) is 0 Å². The van der Waals surface area contributed by atoms with Gasteiger partial charge in [-0.3, -0.25) is 0 Å². The fourth-order valence-corrected chi connectivity index (χ4v) is 3.63. The molecule has 3 fully saturated rings. The zero-order valence-corrected chi connectivity index (χ0v) is 11.8. The molecule has 0 aromatic heterocycles. The molecule has 3 saturated heterocycles. The van der Waals surface area contributed by atoms with Crippen LogP contribution in [0.2, 0.25) is 0 Å². The Labute approximate surface area is 120 Å². The van der Waals surface area contributed by atoms with E-state index in [1.807, 2.05) is 0 Å². The maximum Gasteiger partial charge on any atom is 0.0735 e. The van der Waals surface area contributed by atoms with Crippen molar-refractivity contribution in [2.45, 2.75) is 25.6 Å². The van der Waals surface area contributed by atoms with Gasteiger partial charge in [0.1, 0.15) is 0 Å². The van der Waals surface area contributed by atoms with Crippen molar-refractivity contribution in [1.82, 2.24) is 4.90 Å². The van der Waals surface area contributed by atoms with Crippen molar-refractivity contribution in [2.75, 3.05) is 19.6 Å². The molecule has 0 N–H and O–H groups in total. The van der Waals surface area contributed by atoms with E-state index in [1.165, 1.54) is 42.3 Å². The minimum Gasteiger partial charge on any atom is -0.372 e. The van der Waals surface area contributed by atoms with E-state index in [9.17, 15) is 0 Å². The number of hydrogen-bond acceptors (Lipinski definition) is 2. The van der Waals surface area contributed by atoms with Crippen LogP contribution in [0.15, 0.2) is 42.5 Å². The minimum absolute atomic E-state index is 0.448. The Bertz CT molecular complexity index is 601. The van der Waals surface area contributed by atoms with Crippen LogP contribution in [0, 0.1) is 5.92 Å². The van der Waals surface area contributed by atoms with Crippen LogP contribution in [0.1, 0.15) is 18.4 Å². The van der Waals surface area contributed by atoms with Crippen molar-refractivity contribution in [2.24, 2.45) is 5.92 Å². The number of fused-ring (bicyclic) bond motifs is 4. The smallest absolute Gasteiger partial charge is 0.0735 e. The molecule has 2 aromatic rings. The molecular formula is C18H21NO. The predicted molar refractivity (Wildman–Crippen MR) is 81.7 cm³/mol. The Morgan fingerprint density at radius 3 is 2.55 bits per heavy atom. The molecule has 3 aliphatic rings. The maximum absolute atomic E-state index is 6.21. The molecule has 0 aliphatic carbocycles. The molecular weight excluding hydrogens is 246 g/mol. The van der Waals surface area contributed by atoms with Gasteiger partial charge in [-0.1, -0.05) is 36.4 Å². The molecule has 3 aliphatic heterocycles. The average Bonchev–Trinajstić information content (AvgIpc) is 2.54. The molecule has 104 valence electrons. The molecule has 0 radical (unpaired) electrons. The van der Waals surface area contributed by atoms with E-state index in [0.29, 0.717) is 6.10 Å². The van der Waals surface area contributed by atoms with Crippen molar-refractivity contribution in [3.63, 3.8) is 0 Å². The van der Waals surface area contributed by atoms with Crippen LogP contribution in [0.4, 0.5) is 0 Å². The molecule has 2 heteroatoms. The summed E-state index contributed by atoms with van der Waals surface area (Å²) in [5.41, 5.74) is 1.29. The van der Waals surface area contributed by atoms with Crippen LogP contribution in [0.5, 0.6) is 0 Å². The Morgan fingerprint density at radius 1 is 1.00 bits per heavy atom. The van der Waals surface area contributed by atoms with Crippen LogP contribution >= 0.6 is 0 Å². The summed E-state index contributed by atoms with van der Waals surface area (Å²) in [5, 5.41) is 2.61. The summed E-state index contributed by atoms with van der Waals surface area (Å²) in [4.78, 5) is 2.55. The van der Waals surface area contributed by atoms with Crippen molar-refractivity contribution < 1.29 is 4.74 Å². The molecule has 2 bridgehead atoms. The van der Waals surface area contributed by atoms with Crippen LogP contribution in [-0.4, -0.2) is 30.6 Å². The standard InChI is InChI=1S/C18H21NO/c1-2-4-17-11-14(5-6-15(17)3-1)13-20-18-12-19-9-7-16(18)8-10-19/h1-6,11,16,18H,7-10,12-13H2. The Hall–Kier alpha value is -1.38. The number of hydrogen-bond donors (Lipinski definition) is 0. The SMILES string of the molecule is c1ccc2cc(COC3CN4CCC3CC4)ccc2c1. The predicted octanol–water partition coefficient (Wildman–Crippen LogP) is 3.45. The van der Waals surface area contributed by atoms with Crippen LogP contribution < -0.4 is 0 Å². The fraction of sp³-hybridized carbons (Fsp3) is 0.444. The first-order chi connectivity index (χ1) is 9.88. The van der Waals surface area contributed by atoms with Gasteiger partial charge in [0.25, 0.3) is 0 Å². The second-order valence-electron chi connectivity index (χ2n) is 6.17. The van der Waals surface area contributed by atoms with Gasteiger partial charge in [-0.05, 0) is 54.3 Å². The van der Waals surface area contributed by atoms with Crippen molar-refractivity contribution in [1.29, 1.82) is 0 Å². The molecule has 3 heterocycles. The quantitative estimate of drug-likeness (QED) is 0.844. The lowest BCUT2D eigenvalue weighted by molar-refractivity contribution is -0.0765. The fourth-order valence-electron chi connectivity index (χ4n) is 3.63. The van der Waals surface area contributed by atoms with E-state index in [1.54, 1.807) is 0 Å². The summed E-state index contributed by atoms with van der Waals surface area (Å²) in [6.45, 7) is 4.44. The number of ether oxygens (including phenoxy) is 1. The molecule has 0 saturated carbocycles. The van der Waals surface area contributed by atoms with Gasteiger partial charge in [0.15, 0.2) is 0 Å². The van der Waals surface area contributed by atoms with Gasteiger partial charge in [0, 0.05) is 6.54 Å². The zero-order valence-electron chi connectivity index (χ0n) is 11.8. The van der Waals surface area contributed by atoms with Crippen LogP contribution in [-0.2, 0) is 11.3 Å². The molecule has 1 atom stereocenters. The average molecular weight is 267 g/mol. The van der Waals surface area contributed by atoms with E-state index < -0.39 is 0 Å².